The molecule has 2 amide bonds. The van der Waals surface area contributed by atoms with E-state index in [2.05, 4.69) is 15.0 Å². The van der Waals surface area contributed by atoms with Gasteiger partial charge in [-0.25, -0.2) is 4.98 Å². The number of rotatable bonds is 7. The molecule has 5 nitrogen and oxygen atoms in total. The summed E-state index contributed by atoms with van der Waals surface area (Å²) in [6.45, 7) is 0.491. The molecule has 2 aromatic carbocycles. The van der Waals surface area contributed by atoms with Crippen LogP contribution in [0.15, 0.2) is 54.9 Å². The van der Waals surface area contributed by atoms with E-state index in [1.165, 1.54) is 4.90 Å². The van der Waals surface area contributed by atoms with E-state index >= 15 is 0 Å². The van der Waals surface area contributed by atoms with E-state index in [9.17, 15) is 9.59 Å². The fourth-order valence-electron chi connectivity index (χ4n) is 3.19. The fraction of sp³-hybridized carbons (Fsp3) is 0.250. The largest absolute Gasteiger partial charge is 0.274 e. The van der Waals surface area contributed by atoms with Gasteiger partial charge in [-0.15, -0.1) is 0 Å². The van der Waals surface area contributed by atoms with Crippen molar-refractivity contribution < 1.29 is 9.59 Å². The van der Waals surface area contributed by atoms with E-state index in [-0.39, 0.29) is 11.8 Å². The zero-order valence-electron chi connectivity index (χ0n) is 14.3. The Balaban J connectivity index is 1.23. The minimum absolute atomic E-state index is 0.162. The Bertz CT molecular complexity index is 931. The predicted molar refractivity (Wildman–Crippen MR) is 103 cm³/mol. The third kappa shape index (κ3) is 3.12. The molecule has 0 spiro atoms. The van der Waals surface area contributed by atoms with Crippen molar-refractivity contribution in [2.45, 2.75) is 19.3 Å². The van der Waals surface area contributed by atoms with Gasteiger partial charge in [-0.05, 0) is 49.1 Å². The molecule has 0 fully saturated rings. The number of carbonyl (C=O) groups is 2. The molecule has 0 aliphatic carbocycles. The van der Waals surface area contributed by atoms with Crippen molar-refractivity contribution >= 4 is 34.8 Å². The molecule has 1 aromatic heterocycles. The van der Waals surface area contributed by atoms with Gasteiger partial charge in [-0.3, -0.25) is 18.5 Å². The number of fused-ring (bicyclic) bond motifs is 2. The number of imidazole rings is 1. The van der Waals surface area contributed by atoms with Gasteiger partial charge in [0, 0.05) is 12.3 Å². The third-order valence-corrected chi connectivity index (χ3v) is 5.60. The molecular formula is C20H19N3O2S. The number of benzene rings is 2. The number of amides is 2. The Morgan fingerprint density at radius 3 is 2.31 bits per heavy atom. The lowest BCUT2D eigenvalue weighted by atomic mass is 10.1. The minimum atomic E-state index is -0.162. The fourth-order valence-corrected chi connectivity index (χ4v) is 4.13. The first-order valence-corrected chi connectivity index (χ1v) is 9.70. The van der Waals surface area contributed by atoms with Crippen LogP contribution in [0.4, 0.5) is 0 Å². The van der Waals surface area contributed by atoms with Crippen LogP contribution >= 0.6 is 11.9 Å². The van der Waals surface area contributed by atoms with Crippen LogP contribution in [0, 0.1) is 0 Å². The molecule has 26 heavy (non-hydrogen) atoms. The van der Waals surface area contributed by atoms with Gasteiger partial charge in [0.05, 0.1) is 22.2 Å². The summed E-state index contributed by atoms with van der Waals surface area (Å²) in [4.78, 5) is 30.4. The summed E-state index contributed by atoms with van der Waals surface area (Å²) in [5.74, 6) is 0.650. The second-order valence-electron chi connectivity index (χ2n) is 6.26. The SMILES string of the molecule is O=C1c2ccccc2C(=O)N1CCCCCSn1cnc2ccccc21. The molecule has 3 aromatic rings. The predicted octanol–water partition coefficient (Wildman–Crippen LogP) is 4.00. The van der Waals surface area contributed by atoms with Gasteiger partial charge in [0.2, 0.25) is 0 Å². The van der Waals surface area contributed by atoms with Gasteiger partial charge in [0.1, 0.15) is 6.33 Å². The molecule has 6 heteroatoms. The number of hydrogen-bond donors (Lipinski definition) is 0. The second-order valence-corrected chi connectivity index (χ2v) is 7.32. The van der Waals surface area contributed by atoms with Crippen molar-refractivity contribution in [1.29, 1.82) is 0 Å². The zero-order chi connectivity index (χ0) is 17.9. The van der Waals surface area contributed by atoms with E-state index in [1.807, 2.05) is 24.5 Å². The molecule has 0 unspecified atom stereocenters. The zero-order valence-corrected chi connectivity index (χ0v) is 15.1. The van der Waals surface area contributed by atoms with Crippen molar-refractivity contribution in [3.63, 3.8) is 0 Å². The minimum Gasteiger partial charge on any atom is -0.274 e. The van der Waals surface area contributed by atoms with Crippen molar-refractivity contribution in [2.75, 3.05) is 12.3 Å². The Labute approximate surface area is 156 Å². The summed E-state index contributed by atoms with van der Waals surface area (Å²) in [6, 6.07) is 15.1. The first-order valence-electron chi connectivity index (χ1n) is 8.76. The number of carbonyl (C=O) groups excluding carboxylic acids is 2. The molecule has 1 aliphatic rings. The van der Waals surface area contributed by atoms with Crippen LogP contribution in [0.2, 0.25) is 0 Å². The molecule has 132 valence electrons. The number of aromatic nitrogens is 2. The second kappa shape index (κ2) is 7.33. The van der Waals surface area contributed by atoms with Gasteiger partial charge in [-0.1, -0.05) is 30.7 Å². The summed E-state index contributed by atoms with van der Waals surface area (Å²) in [7, 11) is 0. The number of unbranched alkanes of at least 4 members (excludes halogenated alkanes) is 2. The highest BCUT2D eigenvalue weighted by Crippen LogP contribution is 2.23. The summed E-state index contributed by atoms with van der Waals surface area (Å²) >= 11 is 1.74. The van der Waals surface area contributed by atoms with Crippen LogP contribution in [0.3, 0.4) is 0 Å². The number of nitrogens with zero attached hydrogens (tertiary/aromatic N) is 3. The maximum atomic E-state index is 12.3. The maximum absolute atomic E-state index is 12.3. The van der Waals surface area contributed by atoms with E-state index in [4.69, 9.17) is 0 Å². The molecule has 0 atom stereocenters. The Morgan fingerprint density at radius 2 is 1.54 bits per heavy atom. The molecular weight excluding hydrogens is 346 g/mol. The molecule has 0 N–H and O–H groups in total. The van der Waals surface area contributed by atoms with Gasteiger partial charge in [0.15, 0.2) is 0 Å². The van der Waals surface area contributed by atoms with Crippen molar-refractivity contribution in [1.82, 2.24) is 13.9 Å². The molecule has 0 saturated heterocycles. The molecule has 0 bridgehead atoms. The smallest absolute Gasteiger partial charge is 0.261 e. The summed E-state index contributed by atoms with van der Waals surface area (Å²) in [6.07, 6.45) is 4.69. The standard InChI is InChI=1S/C20H19N3O2S/c24-19-15-8-2-3-9-16(15)20(25)22(19)12-6-1-7-13-26-23-14-21-17-10-4-5-11-18(17)23/h2-5,8-11,14H,1,6-7,12-13H2. The highest BCUT2D eigenvalue weighted by atomic mass is 32.2. The summed E-state index contributed by atoms with van der Waals surface area (Å²) in [5.41, 5.74) is 3.19. The van der Waals surface area contributed by atoms with Gasteiger partial charge in [0.25, 0.3) is 11.8 Å². The first-order chi connectivity index (χ1) is 12.8. The van der Waals surface area contributed by atoms with Crippen LogP contribution in [-0.2, 0) is 0 Å². The summed E-state index contributed by atoms with van der Waals surface area (Å²) in [5, 5.41) is 0. The average Bonchev–Trinajstić information content (AvgIpc) is 3.19. The first kappa shape index (κ1) is 16.8. The monoisotopic (exact) mass is 365 g/mol. The average molecular weight is 365 g/mol. The van der Waals surface area contributed by atoms with Gasteiger partial charge >= 0.3 is 0 Å². The quantitative estimate of drug-likeness (QED) is 0.469. The normalized spacial score (nSPS) is 13.6. The molecule has 4 rings (SSSR count). The van der Waals surface area contributed by atoms with Crippen LogP contribution < -0.4 is 0 Å². The van der Waals surface area contributed by atoms with E-state index in [1.54, 1.807) is 36.2 Å². The van der Waals surface area contributed by atoms with Crippen LogP contribution in [0.25, 0.3) is 11.0 Å². The molecule has 1 aliphatic heterocycles. The lowest BCUT2D eigenvalue weighted by molar-refractivity contribution is 0.0651. The highest BCUT2D eigenvalue weighted by Gasteiger charge is 2.34. The maximum Gasteiger partial charge on any atom is 0.261 e. The highest BCUT2D eigenvalue weighted by molar-refractivity contribution is 7.97. The van der Waals surface area contributed by atoms with Crippen LogP contribution in [0.1, 0.15) is 40.0 Å². The van der Waals surface area contributed by atoms with Gasteiger partial charge in [-0.2, -0.15) is 0 Å². The van der Waals surface area contributed by atoms with E-state index in [0.29, 0.717) is 17.7 Å². The Hall–Kier alpha value is -2.60. The van der Waals surface area contributed by atoms with Crippen LogP contribution in [-0.4, -0.2) is 38.0 Å². The van der Waals surface area contributed by atoms with Gasteiger partial charge < -0.3 is 0 Å². The number of hydrogen-bond acceptors (Lipinski definition) is 4. The van der Waals surface area contributed by atoms with Crippen molar-refractivity contribution in [3.05, 3.63) is 66.0 Å². The Morgan fingerprint density at radius 1 is 0.846 bits per heavy atom. The van der Waals surface area contributed by atoms with E-state index < -0.39 is 0 Å². The number of imide groups is 1. The topological polar surface area (TPSA) is 55.2 Å². The summed E-state index contributed by atoms with van der Waals surface area (Å²) < 4.78 is 2.10. The lowest BCUT2D eigenvalue weighted by Crippen LogP contribution is -2.30. The molecule has 0 radical (unpaired) electrons. The van der Waals surface area contributed by atoms with Crippen molar-refractivity contribution in [2.24, 2.45) is 0 Å². The van der Waals surface area contributed by atoms with E-state index in [0.717, 1.165) is 36.0 Å². The Kier molecular flexibility index (Phi) is 4.75. The number of para-hydroxylation sites is 2. The molecule has 0 saturated carbocycles. The molecule has 2 heterocycles. The lowest BCUT2D eigenvalue weighted by Gasteiger charge is -2.13. The third-order valence-electron chi connectivity index (χ3n) is 4.56. The van der Waals surface area contributed by atoms with Crippen molar-refractivity contribution in [3.8, 4) is 0 Å². The van der Waals surface area contributed by atoms with Crippen LogP contribution in [0.5, 0.6) is 0 Å².